The molecule has 0 N–H and O–H groups in total. The third-order valence-corrected chi connectivity index (χ3v) is 19.7. The zero-order valence-electron chi connectivity index (χ0n) is 20.0. The Bertz CT molecular complexity index is 1020. The summed E-state index contributed by atoms with van der Waals surface area (Å²) in [6.45, 7) is 20.2. The van der Waals surface area contributed by atoms with E-state index in [0.717, 1.165) is 0 Å². The molecule has 2 atom stereocenters. The zero-order valence-corrected chi connectivity index (χ0v) is 24.4. The van der Waals surface area contributed by atoms with Crippen molar-refractivity contribution in [1.82, 2.24) is 0 Å². The first-order chi connectivity index (χ1) is 13.9. The van der Waals surface area contributed by atoms with Crippen LogP contribution in [-0.2, 0) is 21.3 Å². The average molecular weight is 508 g/mol. The van der Waals surface area contributed by atoms with Crippen molar-refractivity contribution < 1.29 is 21.3 Å². The van der Waals surface area contributed by atoms with Gasteiger partial charge in [-0.3, -0.25) is 0 Å². The summed E-state index contributed by atoms with van der Waals surface area (Å²) in [6, 6.07) is 18.5. The second-order valence-corrected chi connectivity index (χ2v) is 26.9. The minimum absolute atomic E-state index is 0.645. The Morgan fingerprint density at radius 2 is 0.967 bits per heavy atom. The molecule has 0 bridgehead atoms. The first kappa shape index (κ1) is 22.3. The van der Waals surface area contributed by atoms with Crippen LogP contribution < -0.4 is 0 Å². The summed E-state index contributed by atoms with van der Waals surface area (Å²) < 4.78 is 8.74. The van der Waals surface area contributed by atoms with Gasteiger partial charge in [-0.15, -0.1) is 0 Å². The number of fused-ring (bicyclic) bond motifs is 2. The van der Waals surface area contributed by atoms with E-state index < -0.39 is 37.4 Å². The molecule has 2 aromatic carbocycles. The average Bonchev–Trinajstić information content (AvgIpc) is 3.14. The van der Waals surface area contributed by atoms with Gasteiger partial charge in [-0.1, -0.05) is 0 Å². The van der Waals surface area contributed by atoms with E-state index in [0.29, 0.717) is 11.1 Å². The molecule has 0 radical (unpaired) electrons. The van der Waals surface area contributed by atoms with Gasteiger partial charge in [0, 0.05) is 0 Å². The quantitative estimate of drug-likeness (QED) is 0.370. The van der Waals surface area contributed by atoms with Crippen LogP contribution in [0.2, 0.25) is 39.3 Å². The fraction of sp³-hybridized carbons (Fsp3) is 0.370. The number of hydrogen-bond donors (Lipinski definition) is 0. The molecule has 0 heterocycles. The van der Waals surface area contributed by atoms with Crippen LogP contribution in [0, 0.1) is 0 Å². The van der Waals surface area contributed by atoms with Crippen LogP contribution >= 0.6 is 0 Å². The second-order valence-electron chi connectivity index (χ2n) is 11.3. The van der Waals surface area contributed by atoms with Gasteiger partial charge in [-0.05, 0) is 0 Å². The molecule has 30 heavy (non-hydrogen) atoms. The molecule has 0 aromatic heterocycles. The van der Waals surface area contributed by atoms with Crippen molar-refractivity contribution in [3.8, 4) is 0 Å². The second kappa shape index (κ2) is 7.61. The SMILES string of the molecule is [CH2]=[Zr]([C]1=C(C)c2ccccc2C1[Si](C)(C)C)[C]1=C(C)c2ccccc2C1[Si](C)(C)C. The Kier molecular flexibility index (Phi) is 5.66. The normalized spacial score (nSPS) is 21.2. The topological polar surface area (TPSA) is 0 Å². The fourth-order valence-corrected chi connectivity index (χ4v) is 25.0. The Labute approximate surface area is 193 Å². The van der Waals surface area contributed by atoms with E-state index in [4.69, 9.17) is 4.21 Å². The summed E-state index contributed by atoms with van der Waals surface area (Å²) in [6.07, 6.45) is 0. The van der Waals surface area contributed by atoms with Crippen molar-refractivity contribution in [2.24, 2.45) is 0 Å². The van der Waals surface area contributed by atoms with Crippen LogP contribution in [0.25, 0.3) is 11.1 Å². The molecular weight excluding hydrogens is 472 g/mol. The third-order valence-electron chi connectivity index (χ3n) is 7.12. The molecule has 4 rings (SSSR count). The van der Waals surface area contributed by atoms with Crippen LogP contribution in [0.1, 0.15) is 47.2 Å². The Morgan fingerprint density at radius 1 is 0.633 bits per heavy atom. The van der Waals surface area contributed by atoms with E-state index in [1.807, 2.05) is 6.56 Å². The molecule has 0 nitrogen and oxygen atoms in total. The maximum absolute atomic E-state index is 5.12. The molecule has 3 heteroatoms. The minimum atomic E-state index is -2.27. The number of benzene rings is 2. The van der Waals surface area contributed by atoms with Crippen LogP contribution in [-0.4, -0.2) is 20.4 Å². The molecule has 2 aliphatic rings. The van der Waals surface area contributed by atoms with E-state index in [2.05, 4.69) is 102 Å². The summed E-state index contributed by atoms with van der Waals surface area (Å²) in [4.78, 5) is 0. The molecule has 0 spiro atoms. The Balaban J connectivity index is 1.93. The van der Waals surface area contributed by atoms with Crippen molar-refractivity contribution in [3.05, 3.63) is 77.3 Å². The molecular formula is C27H36Si2Zr. The molecule has 156 valence electrons. The van der Waals surface area contributed by atoms with Crippen molar-refractivity contribution in [2.75, 3.05) is 0 Å². The molecule has 0 saturated carbocycles. The van der Waals surface area contributed by atoms with Crippen LogP contribution in [0.5, 0.6) is 0 Å². The number of rotatable bonds is 4. The molecule has 0 aliphatic heterocycles. The van der Waals surface area contributed by atoms with Gasteiger partial charge in [0.15, 0.2) is 0 Å². The molecule has 0 saturated heterocycles. The van der Waals surface area contributed by atoms with Gasteiger partial charge in [0.1, 0.15) is 0 Å². The molecule has 2 aromatic rings. The monoisotopic (exact) mass is 506 g/mol. The maximum atomic E-state index is 5.12. The van der Waals surface area contributed by atoms with Crippen molar-refractivity contribution in [2.45, 2.75) is 64.2 Å². The Hall–Kier alpha value is -0.893. The van der Waals surface area contributed by atoms with Crippen molar-refractivity contribution in [1.29, 1.82) is 0 Å². The van der Waals surface area contributed by atoms with Crippen LogP contribution in [0.4, 0.5) is 0 Å². The van der Waals surface area contributed by atoms with Crippen LogP contribution in [0.15, 0.2) is 55.1 Å². The standard InChI is InChI=1S/2C13H17Si.CH2.Zr/c2*1-10-9-13(14(2,3)4)12-8-6-5-7-11(10)12;;/h2*5-8,13H,1-4H3;1H2;. The molecule has 2 unspecified atom stereocenters. The number of allylic oxidation sites excluding steroid dienone is 4. The van der Waals surface area contributed by atoms with Gasteiger partial charge < -0.3 is 0 Å². The van der Waals surface area contributed by atoms with E-state index in [1.165, 1.54) is 11.1 Å². The van der Waals surface area contributed by atoms with Crippen molar-refractivity contribution >= 4 is 31.5 Å². The zero-order chi connectivity index (χ0) is 22.0. The van der Waals surface area contributed by atoms with Gasteiger partial charge in [0.2, 0.25) is 0 Å². The summed E-state index contributed by atoms with van der Waals surface area (Å²) in [5.41, 5.74) is 10.7. The summed E-state index contributed by atoms with van der Waals surface area (Å²) in [5.74, 6) is 0. The fourth-order valence-electron chi connectivity index (χ4n) is 5.96. The van der Waals surface area contributed by atoms with E-state index in [9.17, 15) is 0 Å². The van der Waals surface area contributed by atoms with Gasteiger partial charge in [0.25, 0.3) is 0 Å². The molecule has 0 amide bonds. The van der Waals surface area contributed by atoms with Gasteiger partial charge in [0.05, 0.1) is 0 Å². The van der Waals surface area contributed by atoms with E-state index in [1.54, 1.807) is 22.3 Å². The predicted molar refractivity (Wildman–Crippen MR) is 137 cm³/mol. The van der Waals surface area contributed by atoms with Gasteiger partial charge >= 0.3 is 194 Å². The summed E-state index contributed by atoms with van der Waals surface area (Å²) >= 11 is -2.27. The molecule has 0 fully saturated rings. The van der Waals surface area contributed by atoms with Gasteiger partial charge in [-0.2, -0.15) is 0 Å². The first-order valence-corrected chi connectivity index (χ1v) is 22.6. The first-order valence-electron chi connectivity index (χ1n) is 11.2. The predicted octanol–water partition coefficient (Wildman–Crippen LogP) is 7.85. The van der Waals surface area contributed by atoms with E-state index >= 15 is 0 Å². The summed E-state index contributed by atoms with van der Waals surface area (Å²) in [5, 5.41) is 0. The van der Waals surface area contributed by atoms with E-state index in [-0.39, 0.29) is 0 Å². The third kappa shape index (κ3) is 3.46. The number of hydrogen-bond acceptors (Lipinski definition) is 0. The Morgan fingerprint density at radius 3 is 1.30 bits per heavy atom. The van der Waals surface area contributed by atoms with Crippen LogP contribution in [0.3, 0.4) is 0 Å². The molecule has 2 aliphatic carbocycles. The van der Waals surface area contributed by atoms with Gasteiger partial charge in [-0.25, -0.2) is 0 Å². The summed E-state index contributed by atoms with van der Waals surface area (Å²) in [7, 11) is -2.85. The van der Waals surface area contributed by atoms with Crippen molar-refractivity contribution in [3.63, 3.8) is 0 Å².